The van der Waals surface area contributed by atoms with Gasteiger partial charge in [-0.05, 0) is 38.8 Å². The second-order valence-electron chi connectivity index (χ2n) is 5.41. The van der Waals surface area contributed by atoms with E-state index >= 15 is 0 Å². The fourth-order valence-corrected chi connectivity index (χ4v) is 1.93. The highest BCUT2D eigenvalue weighted by Gasteiger charge is 2.20. The van der Waals surface area contributed by atoms with Crippen molar-refractivity contribution < 1.29 is 4.79 Å². The van der Waals surface area contributed by atoms with E-state index in [2.05, 4.69) is 24.1 Å². The minimum absolute atomic E-state index is 0.00320. The van der Waals surface area contributed by atoms with Crippen LogP contribution in [0.1, 0.15) is 45.1 Å². The van der Waals surface area contributed by atoms with Gasteiger partial charge in [0.15, 0.2) is 0 Å². The second kappa shape index (κ2) is 7.12. The number of hydrogen-bond acceptors (Lipinski definition) is 3. The average molecular weight is 263 g/mol. The third-order valence-corrected chi connectivity index (χ3v) is 2.81. The molecule has 1 aromatic heterocycles. The predicted molar refractivity (Wildman–Crippen MR) is 79.4 cm³/mol. The Labute approximate surface area is 116 Å². The van der Waals surface area contributed by atoms with E-state index in [0.717, 1.165) is 18.8 Å². The molecule has 0 aromatic carbocycles. The molecule has 4 nitrogen and oxygen atoms in total. The lowest BCUT2D eigenvalue weighted by Gasteiger charge is -2.28. The summed E-state index contributed by atoms with van der Waals surface area (Å²) in [6.45, 7) is 11.9. The second-order valence-corrected chi connectivity index (χ2v) is 5.41. The first-order valence-electron chi connectivity index (χ1n) is 6.96. The summed E-state index contributed by atoms with van der Waals surface area (Å²) in [5.74, 6) is 0.451. The highest BCUT2D eigenvalue weighted by atomic mass is 16.2. The van der Waals surface area contributed by atoms with Crippen molar-refractivity contribution >= 4 is 11.6 Å². The van der Waals surface area contributed by atoms with Gasteiger partial charge in [0.25, 0.3) is 5.91 Å². The Bertz CT molecular complexity index is 416. The monoisotopic (exact) mass is 263 g/mol. The van der Waals surface area contributed by atoms with Gasteiger partial charge in [0.1, 0.15) is 5.69 Å². The van der Waals surface area contributed by atoms with E-state index in [-0.39, 0.29) is 11.9 Å². The van der Waals surface area contributed by atoms with E-state index in [4.69, 9.17) is 0 Å². The van der Waals surface area contributed by atoms with E-state index in [9.17, 15) is 4.79 Å². The van der Waals surface area contributed by atoms with Crippen LogP contribution in [0.4, 0.5) is 5.69 Å². The van der Waals surface area contributed by atoms with E-state index < -0.39 is 0 Å². The maximum absolute atomic E-state index is 12.5. The molecule has 0 saturated carbocycles. The van der Waals surface area contributed by atoms with Gasteiger partial charge < -0.3 is 10.2 Å². The number of anilines is 1. The first-order chi connectivity index (χ1) is 8.95. The van der Waals surface area contributed by atoms with E-state index in [1.54, 1.807) is 6.20 Å². The number of hydrogen-bond donors (Lipinski definition) is 1. The number of rotatable bonds is 6. The van der Waals surface area contributed by atoms with E-state index in [0.29, 0.717) is 11.6 Å². The summed E-state index contributed by atoms with van der Waals surface area (Å²) in [6.07, 6.45) is 1.68. The number of nitrogens with zero attached hydrogens (tertiary/aromatic N) is 2. The quantitative estimate of drug-likeness (QED) is 0.858. The van der Waals surface area contributed by atoms with Crippen molar-refractivity contribution in [3.8, 4) is 0 Å². The van der Waals surface area contributed by atoms with Crippen LogP contribution < -0.4 is 5.32 Å². The van der Waals surface area contributed by atoms with Crippen LogP contribution in [0.5, 0.6) is 0 Å². The summed E-state index contributed by atoms with van der Waals surface area (Å²) in [5, 5.41) is 3.20. The summed E-state index contributed by atoms with van der Waals surface area (Å²) in [7, 11) is 0. The Hall–Kier alpha value is -1.58. The van der Waals surface area contributed by atoms with E-state index in [1.807, 2.05) is 37.8 Å². The van der Waals surface area contributed by atoms with Gasteiger partial charge in [-0.1, -0.05) is 13.8 Å². The highest BCUT2D eigenvalue weighted by Crippen LogP contribution is 2.13. The Morgan fingerprint density at radius 1 is 1.37 bits per heavy atom. The first-order valence-corrected chi connectivity index (χ1v) is 6.96. The molecule has 0 unspecified atom stereocenters. The Morgan fingerprint density at radius 2 is 2.05 bits per heavy atom. The third kappa shape index (κ3) is 4.54. The first kappa shape index (κ1) is 15.5. The smallest absolute Gasteiger partial charge is 0.272 e. The van der Waals surface area contributed by atoms with Gasteiger partial charge in [-0.3, -0.25) is 9.78 Å². The van der Waals surface area contributed by atoms with Gasteiger partial charge >= 0.3 is 0 Å². The number of aromatic nitrogens is 1. The normalized spacial score (nSPS) is 10.9. The van der Waals surface area contributed by atoms with Gasteiger partial charge in [-0.15, -0.1) is 0 Å². The Balaban J connectivity index is 2.92. The summed E-state index contributed by atoms with van der Waals surface area (Å²) >= 11 is 0. The van der Waals surface area contributed by atoms with Crippen LogP contribution in [0.25, 0.3) is 0 Å². The van der Waals surface area contributed by atoms with Crippen molar-refractivity contribution in [1.82, 2.24) is 9.88 Å². The molecule has 0 aliphatic heterocycles. The molecule has 1 heterocycles. The van der Waals surface area contributed by atoms with Crippen molar-refractivity contribution in [3.05, 3.63) is 24.0 Å². The Kier molecular flexibility index (Phi) is 5.80. The molecule has 1 amide bonds. The molecule has 0 aliphatic carbocycles. The summed E-state index contributed by atoms with van der Waals surface area (Å²) in [4.78, 5) is 18.6. The van der Waals surface area contributed by atoms with E-state index in [1.165, 1.54) is 0 Å². The van der Waals surface area contributed by atoms with Gasteiger partial charge in [0, 0.05) is 31.0 Å². The molecule has 0 atom stereocenters. The topological polar surface area (TPSA) is 45.2 Å². The lowest BCUT2D eigenvalue weighted by Crippen LogP contribution is -2.39. The molecule has 0 aliphatic rings. The maximum Gasteiger partial charge on any atom is 0.272 e. The number of carbonyl (C=O) groups excluding carboxylic acids is 1. The molecule has 1 aromatic rings. The number of nitrogens with one attached hydrogen (secondary N) is 1. The molecule has 4 heteroatoms. The van der Waals surface area contributed by atoms with Crippen LogP contribution in [0.3, 0.4) is 0 Å². The van der Waals surface area contributed by atoms with Gasteiger partial charge in [-0.2, -0.15) is 0 Å². The molecule has 19 heavy (non-hydrogen) atoms. The summed E-state index contributed by atoms with van der Waals surface area (Å²) in [6, 6.07) is 3.88. The van der Waals surface area contributed by atoms with Gasteiger partial charge in [-0.25, -0.2) is 0 Å². The molecule has 0 fully saturated rings. The van der Waals surface area contributed by atoms with Crippen LogP contribution >= 0.6 is 0 Å². The molecule has 0 spiro atoms. The standard InChI is InChI=1S/C15H25N3O/c1-6-16-13-7-8-17-14(9-13)15(19)18(12(4)5)10-11(2)3/h7-9,11-12H,6,10H2,1-5H3,(H,16,17). The lowest BCUT2D eigenvalue weighted by atomic mass is 10.1. The zero-order valence-electron chi connectivity index (χ0n) is 12.6. The third-order valence-electron chi connectivity index (χ3n) is 2.81. The predicted octanol–water partition coefficient (Wildman–Crippen LogP) is 3.02. The maximum atomic E-state index is 12.5. The van der Waals surface area contributed by atoms with Gasteiger partial charge in [0.2, 0.25) is 0 Å². The van der Waals surface area contributed by atoms with Crippen molar-refractivity contribution in [2.75, 3.05) is 18.4 Å². The number of amides is 1. The minimum atomic E-state index is 0.00320. The molecule has 1 N–H and O–H groups in total. The zero-order chi connectivity index (χ0) is 14.4. The fourth-order valence-electron chi connectivity index (χ4n) is 1.93. The summed E-state index contributed by atoms with van der Waals surface area (Å²) < 4.78 is 0. The molecule has 0 saturated heterocycles. The molecular formula is C15H25N3O. The fraction of sp³-hybridized carbons (Fsp3) is 0.600. The SMILES string of the molecule is CCNc1ccnc(C(=O)N(CC(C)C)C(C)C)c1. The van der Waals surface area contributed by atoms with Crippen LogP contribution in [-0.4, -0.2) is 34.9 Å². The van der Waals surface area contributed by atoms with Crippen molar-refractivity contribution in [2.24, 2.45) is 5.92 Å². The number of carbonyl (C=O) groups is 1. The van der Waals surface area contributed by atoms with Crippen molar-refractivity contribution in [3.63, 3.8) is 0 Å². The molecule has 106 valence electrons. The van der Waals surface area contributed by atoms with Crippen molar-refractivity contribution in [2.45, 2.75) is 40.7 Å². The zero-order valence-corrected chi connectivity index (χ0v) is 12.6. The molecular weight excluding hydrogens is 238 g/mol. The molecule has 1 rings (SSSR count). The van der Waals surface area contributed by atoms with Crippen molar-refractivity contribution in [1.29, 1.82) is 0 Å². The van der Waals surface area contributed by atoms with Crippen LogP contribution in [0, 0.1) is 5.92 Å². The van der Waals surface area contributed by atoms with Crippen LogP contribution in [0.2, 0.25) is 0 Å². The molecule has 0 bridgehead atoms. The largest absolute Gasteiger partial charge is 0.385 e. The number of pyridine rings is 1. The molecule has 0 radical (unpaired) electrons. The lowest BCUT2D eigenvalue weighted by molar-refractivity contribution is 0.0676. The van der Waals surface area contributed by atoms with Crippen LogP contribution in [0.15, 0.2) is 18.3 Å². The Morgan fingerprint density at radius 3 is 2.58 bits per heavy atom. The average Bonchev–Trinajstić information content (AvgIpc) is 2.35. The highest BCUT2D eigenvalue weighted by molar-refractivity contribution is 5.93. The van der Waals surface area contributed by atoms with Gasteiger partial charge in [0.05, 0.1) is 0 Å². The summed E-state index contributed by atoms with van der Waals surface area (Å²) in [5.41, 5.74) is 1.45. The minimum Gasteiger partial charge on any atom is -0.385 e. The van der Waals surface area contributed by atoms with Crippen LogP contribution in [-0.2, 0) is 0 Å².